The number of sulfonamides is 2. The molecule has 3 fully saturated rings. The molecule has 7 rings (SSSR count). The molecular formula is C26H26ClFN4O6S2. The van der Waals surface area contributed by atoms with Crippen LogP contribution >= 0.6 is 11.6 Å². The van der Waals surface area contributed by atoms with E-state index in [9.17, 15) is 31.1 Å². The van der Waals surface area contributed by atoms with E-state index in [0.717, 1.165) is 38.0 Å². The number of amidine groups is 1. The predicted molar refractivity (Wildman–Crippen MR) is 147 cm³/mol. The van der Waals surface area contributed by atoms with Crippen molar-refractivity contribution in [2.45, 2.75) is 43.2 Å². The van der Waals surface area contributed by atoms with E-state index in [1.807, 2.05) is 0 Å². The van der Waals surface area contributed by atoms with Crippen LogP contribution in [0.5, 0.6) is 0 Å². The lowest BCUT2D eigenvalue weighted by Gasteiger charge is -2.54. The Labute approximate surface area is 236 Å². The Hall–Kier alpha value is -3.16. The highest BCUT2D eigenvalue weighted by Crippen LogP contribution is 2.52. The summed E-state index contributed by atoms with van der Waals surface area (Å²) in [5.74, 6) is -1.78. The lowest BCUT2D eigenvalue weighted by atomic mass is 9.59. The molecule has 14 heteroatoms. The van der Waals surface area contributed by atoms with Crippen LogP contribution in [0, 0.1) is 23.6 Å². The van der Waals surface area contributed by atoms with E-state index in [4.69, 9.17) is 11.6 Å². The Morgan fingerprint density at radius 1 is 1.15 bits per heavy atom. The smallest absolute Gasteiger partial charge is 0.286 e. The van der Waals surface area contributed by atoms with Crippen molar-refractivity contribution in [1.29, 1.82) is 0 Å². The van der Waals surface area contributed by atoms with Crippen molar-refractivity contribution in [3.8, 4) is 0 Å². The van der Waals surface area contributed by atoms with Crippen LogP contribution in [0.2, 0.25) is 5.02 Å². The summed E-state index contributed by atoms with van der Waals surface area (Å²) in [6, 6.07) is 7.50. The molecule has 2 bridgehead atoms. The predicted octanol–water partition coefficient (Wildman–Crippen LogP) is 4.02. The number of aliphatic hydroxyl groups excluding tert-OH is 1. The molecule has 2 atom stereocenters. The molecule has 5 aliphatic rings. The fourth-order valence-corrected chi connectivity index (χ4v) is 8.51. The molecule has 0 unspecified atom stereocenters. The standard InChI is InChI=1S/C26H26ClFN4O6S2/c1-39(35,36)30-17-8-9-19-20(11-17)40(37,38)31-25(29-19)22-24(33)21-13-2-4-14(5-3-13)23(21)32(26(22)34)12-15-6-7-16(28)10-18(15)27/h6-11,13-14,21,23,30,33H,2-5,12H2,1H3,(H,29,31)/t13?,14?,21-,23+/m1/s1. The minimum absolute atomic E-state index is 0.0319. The minimum atomic E-state index is -4.38. The van der Waals surface area contributed by atoms with E-state index >= 15 is 0 Å². The van der Waals surface area contributed by atoms with Gasteiger partial charge in [0.05, 0.1) is 11.9 Å². The maximum absolute atomic E-state index is 14.1. The number of carbonyl (C=O) groups excluding carboxylic acids is 1. The Morgan fingerprint density at radius 2 is 1.85 bits per heavy atom. The normalized spacial score (nSPS) is 27.0. The van der Waals surface area contributed by atoms with E-state index < -0.39 is 37.7 Å². The molecule has 2 heterocycles. The Balaban J connectivity index is 1.43. The first-order valence-electron chi connectivity index (χ1n) is 12.7. The van der Waals surface area contributed by atoms with Gasteiger partial charge in [0.2, 0.25) is 10.0 Å². The summed E-state index contributed by atoms with van der Waals surface area (Å²) in [6.45, 7) is 0.0518. The van der Waals surface area contributed by atoms with Crippen molar-refractivity contribution < 1.29 is 31.1 Å². The molecule has 3 aliphatic carbocycles. The summed E-state index contributed by atoms with van der Waals surface area (Å²) >= 11 is 6.31. The maximum Gasteiger partial charge on any atom is 0.286 e. The number of benzene rings is 2. The van der Waals surface area contributed by atoms with Gasteiger partial charge in [-0.15, -0.1) is 4.40 Å². The van der Waals surface area contributed by atoms with Gasteiger partial charge in [0.25, 0.3) is 15.9 Å². The first-order chi connectivity index (χ1) is 18.8. The number of hydrogen-bond donors (Lipinski definition) is 3. The van der Waals surface area contributed by atoms with Crippen LogP contribution < -0.4 is 10.0 Å². The third-order valence-electron chi connectivity index (χ3n) is 8.20. The number of aliphatic hydroxyl groups is 1. The molecule has 2 aromatic rings. The summed E-state index contributed by atoms with van der Waals surface area (Å²) in [4.78, 5) is 15.4. The number of fused-ring (bicyclic) bond motifs is 3. The highest BCUT2D eigenvalue weighted by molar-refractivity contribution is 7.92. The van der Waals surface area contributed by atoms with Crippen molar-refractivity contribution in [3.63, 3.8) is 0 Å². The van der Waals surface area contributed by atoms with Crippen LogP contribution in [0.25, 0.3) is 0 Å². The van der Waals surface area contributed by atoms with Crippen LogP contribution in [0.3, 0.4) is 0 Å². The first kappa shape index (κ1) is 27.0. The third kappa shape index (κ3) is 4.63. The molecule has 2 aromatic carbocycles. The number of nitrogens with zero attached hydrogens (tertiary/aromatic N) is 2. The van der Waals surface area contributed by atoms with Crippen LogP contribution in [-0.4, -0.2) is 50.9 Å². The highest BCUT2D eigenvalue weighted by Gasteiger charge is 2.54. The quantitative estimate of drug-likeness (QED) is 0.465. The average molecular weight is 609 g/mol. The van der Waals surface area contributed by atoms with Gasteiger partial charge < -0.3 is 15.3 Å². The Bertz CT molecular complexity index is 1720. The summed E-state index contributed by atoms with van der Waals surface area (Å²) < 4.78 is 69.5. The molecule has 0 spiro atoms. The summed E-state index contributed by atoms with van der Waals surface area (Å²) in [5, 5.41) is 14.6. The molecule has 40 heavy (non-hydrogen) atoms. The molecule has 1 amide bonds. The van der Waals surface area contributed by atoms with Crippen molar-refractivity contribution in [2.75, 3.05) is 16.3 Å². The lowest BCUT2D eigenvalue weighted by molar-refractivity contribution is -0.140. The van der Waals surface area contributed by atoms with E-state index in [0.29, 0.717) is 5.56 Å². The van der Waals surface area contributed by atoms with Crippen molar-refractivity contribution in [2.24, 2.45) is 22.2 Å². The zero-order valence-corrected chi connectivity index (χ0v) is 23.7. The van der Waals surface area contributed by atoms with E-state index in [1.165, 1.54) is 30.3 Å². The van der Waals surface area contributed by atoms with Gasteiger partial charge in [-0.1, -0.05) is 17.7 Å². The SMILES string of the molecule is CS(=O)(=O)Nc1ccc2c(c1)S(=O)(=O)N=C(C1=C(O)[C@@H]3C4CCC(CC4)[C@@H]3N(Cc3ccc(F)cc3Cl)C1=O)N2. The molecule has 3 saturated carbocycles. The fraction of sp³-hybridized carbons (Fsp3) is 0.385. The zero-order chi connectivity index (χ0) is 28.6. The molecule has 0 aromatic heterocycles. The second-order valence-electron chi connectivity index (χ2n) is 10.7. The highest BCUT2D eigenvalue weighted by atomic mass is 35.5. The first-order valence-corrected chi connectivity index (χ1v) is 16.5. The van der Waals surface area contributed by atoms with Crippen LogP contribution in [-0.2, 0) is 31.4 Å². The van der Waals surface area contributed by atoms with E-state index in [1.54, 1.807) is 4.90 Å². The van der Waals surface area contributed by atoms with Crippen molar-refractivity contribution in [3.05, 3.63) is 64.1 Å². The second-order valence-corrected chi connectivity index (χ2v) is 14.5. The molecule has 0 radical (unpaired) electrons. The van der Waals surface area contributed by atoms with Gasteiger partial charge in [-0.3, -0.25) is 9.52 Å². The van der Waals surface area contributed by atoms with Gasteiger partial charge in [-0.05, 0) is 73.4 Å². The third-order valence-corrected chi connectivity index (χ3v) is 10.5. The molecular weight excluding hydrogens is 583 g/mol. The largest absolute Gasteiger partial charge is 0.511 e. The van der Waals surface area contributed by atoms with Gasteiger partial charge in [-0.2, -0.15) is 8.42 Å². The van der Waals surface area contributed by atoms with Gasteiger partial charge >= 0.3 is 0 Å². The topological polar surface area (TPSA) is 145 Å². The van der Waals surface area contributed by atoms with Gasteiger partial charge in [0.15, 0.2) is 5.84 Å². The molecule has 2 aliphatic heterocycles. The van der Waals surface area contributed by atoms with Gasteiger partial charge in [0.1, 0.15) is 22.0 Å². The van der Waals surface area contributed by atoms with Crippen LogP contribution in [0.1, 0.15) is 31.2 Å². The second kappa shape index (κ2) is 9.45. The van der Waals surface area contributed by atoms with E-state index in [2.05, 4.69) is 14.4 Å². The zero-order valence-electron chi connectivity index (χ0n) is 21.3. The molecule has 212 valence electrons. The van der Waals surface area contributed by atoms with Crippen molar-refractivity contribution >= 4 is 54.8 Å². The summed E-state index contributed by atoms with van der Waals surface area (Å²) in [7, 11) is -8.04. The average Bonchev–Trinajstić information content (AvgIpc) is 2.87. The van der Waals surface area contributed by atoms with Crippen LogP contribution in [0.15, 0.2) is 57.0 Å². The number of amides is 1. The number of halogens is 2. The summed E-state index contributed by atoms with van der Waals surface area (Å²) in [6.07, 6.45) is 4.50. The molecule has 3 N–H and O–H groups in total. The number of rotatable bonds is 5. The van der Waals surface area contributed by atoms with Gasteiger partial charge in [-0.25, -0.2) is 12.8 Å². The Morgan fingerprint density at radius 3 is 2.52 bits per heavy atom. The molecule has 0 saturated heterocycles. The fourth-order valence-electron chi connectivity index (χ4n) is 6.58. The maximum atomic E-state index is 14.1. The van der Waals surface area contributed by atoms with Gasteiger partial charge in [0, 0.05) is 29.2 Å². The van der Waals surface area contributed by atoms with Crippen LogP contribution in [0.4, 0.5) is 15.8 Å². The number of anilines is 2. The number of carbonyl (C=O) groups is 1. The lowest BCUT2D eigenvalue weighted by Crippen LogP contribution is -2.60. The number of nitrogens with one attached hydrogen (secondary N) is 2. The summed E-state index contributed by atoms with van der Waals surface area (Å²) in [5.41, 5.74) is 0.404. The monoisotopic (exact) mass is 608 g/mol. The molecule has 10 nitrogen and oxygen atoms in total. The number of hydrogen-bond acceptors (Lipinski definition) is 7. The van der Waals surface area contributed by atoms with Crippen molar-refractivity contribution in [1.82, 2.24) is 4.90 Å². The van der Waals surface area contributed by atoms with E-state index in [-0.39, 0.29) is 62.9 Å². The Kier molecular flexibility index (Phi) is 6.39. The minimum Gasteiger partial charge on any atom is -0.511 e.